The molecule has 0 atom stereocenters. The molecule has 128 valence electrons. The van der Waals surface area contributed by atoms with E-state index < -0.39 is 0 Å². The summed E-state index contributed by atoms with van der Waals surface area (Å²) in [5.74, 6) is 0.423. The van der Waals surface area contributed by atoms with Crippen LogP contribution in [0, 0.1) is 11.3 Å². The molecule has 1 heterocycles. The monoisotopic (exact) mass is 312 g/mol. The molecule has 1 aliphatic carbocycles. The van der Waals surface area contributed by atoms with Crippen molar-refractivity contribution >= 4 is 5.91 Å². The lowest BCUT2D eigenvalue weighted by Crippen LogP contribution is -2.45. The fraction of sp³-hybridized carbons (Fsp3) is 0.941. The van der Waals surface area contributed by atoms with E-state index in [0.717, 1.165) is 51.9 Å². The first-order chi connectivity index (χ1) is 10.6. The molecule has 2 rings (SSSR count). The molecule has 0 aromatic rings. The van der Waals surface area contributed by atoms with E-state index in [1.165, 1.54) is 12.8 Å². The number of ether oxygens (including phenoxy) is 1. The summed E-state index contributed by atoms with van der Waals surface area (Å²) in [6, 6.07) is 0. The van der Waals surface area contributed by atoms with Crippen molar-refractivity contribution in [3.8, 4) is 0 Å². The molecule has 1 saturated heterocycles. The normalized spacial score (nSPS) is 22.9. The van der Waals surface area contributed by atoms with E-state index in [1.54, 1.807) is 7.11 Å². The van der Waals surface area contributed by atoms with Gasteiger partial charge in [-0.2, -0.15) is 0 Å². The third-order valence-electron chi connectivity index (χ3n) is 5.50. The van der Waals surface area contributed by atoms with E-state index >= 15 is 0 Å². The Morgan fingerprint density at radius 2 is 1.95 bits per heavy atom. The van der Waals surface area contributed by atoms with Crippen LogP contribution in [0.1, 0.15) is 38.5 Å². The number of carbonyl (C=O) groups is 1. The van der Waals surface area contributed by atoms with Gasteiger partial charge < -0.3 is 19.6 Å². The SMILES string of the molecule is COCCN1CCC(C(=O)N(C)CC2(CO)CCCC2)CC1. The minimum Gasteiger partial charge on any atom is -0.396 e. The number of likely N-dealkylation sites (tertiary alicyclic amines) is 1. The Balaban J connectivity index is 1.79. The number of rotatable bonds is 7. The first-order valence-corrected chi connectivity index (χ1v) is 8.67. The number of aliphatic hydroxyl groups is 1. The first kappa shape index (κ1) is 17.7. The number of hydrogen-bond donors (Lipinski definition) is 1. The molecule has 1 N–H and O–H groups in total. The molecule has 0 aromatic heterocycles. The predicted molar refractivity (Wildman–Crippen MR) is 86.7 cm³/mol. The first-order valence-electron chi connectivity index (χ1n) is 8.67. The zero-order valence-electron chi connectivity index (χ0n) is 14.2. The topological polar surface area (TPSA) is 53.0 Å². The van der Waals surface area contributed by atoms with Gasteiger partial charge in [0.2, 0.25) is 5.91 Å². The standard InChI is InChI=1S/C17H32N2O3/c1-18(13-17(14-20)7-3-4-8-17)16(21)15-5-9-19(10-6-15)11-12-22-2/h15,20H,3-14H2,1-2H3. The third-order valence-corrected chi connectivity index (χ3v) is 5.50. The van der Waals surface area contributed by atoms with Crippen molar-refractivity contribution in [2.45, 2.75) is 38.5 Å². The maximum absolute atomic E-state index is 12.7. The zero-order valence-corrected chi connectivity index (χ0v) is 14.2. The van der Waals surface area contributed by atoms with Crippen LogP contribution in [0.25, 0.3) is 0 Å². The molecule has 1 amide bonds. The third kappa shape index (κ3) is 4.43. The summed E-state index contributed by atoms with van der Waals surface area (Å²) in [5, 5.41) is 9.72. The van der Waals surface area contributed by atoms with Gasteiger partial charge >= 0.3 is 0 Å². The van der Waals surface area contributed by atoms with E-state index in [4.69, 9.17) is 4.74 Å². The van der Waals surface area contributed by atoms with E-state index in [-0.39, 0.29) is 23.8 Å². The number of nitrogens with zero attached hydrogens (tertiary/aromatic N) is 2. The largest absolute Gasteiger partial charge is 0.396 e. The van der Waals surface area contributed by atoms with Gasteiger partial charge in [-0.05, 0) is 38.8 Å². The molecular weight excluding hydrogens is 280 g/mol. The summed E-state index contributed by atoms with van der Waals surface area (Å²) in [6.07, 6.45) is 6.35. The second-order valence-electron chi connectivity index (χ2n) is 7.17. The minimum atomic E-state index is -0.0381. The molecule has 1 aliphatic heterocycles. The molecule has 0 radical (unpaired) electrons. The second-order valence-corrected chi connectivity index (χ2v) is 7.17. The highest BCUT2D eigenvalue weighted by molar-refractivity contribution is 5.78. The lowest BCUT2D eigenvalue weighted by Gasteiger charge is -2.36. The lowest BCUT2D eigenvalue weighted by molar-refractivity contribution is -0.137. The number of carbonyl (C=O) groups excluding carboxylic acids is 1. The number of piperidine rings is 1. The molecular formula is C17H32N2O3. The van der Waals surface area contributed by atoms with Crippen LogP contribution in [0.5, 0.6) is 0 Å². The molecule has 5 nitrogen and oxygen atoms in total. The zero-order chi connectivity index (χ0) is 16.0. The number of methoxy groups -OCH3 is 1. The van der Waals surface area contributed by atoms with Gasteiger partial charge in [0.25, 0.3) is 0 Å². The molecule has 5 heteroatoms. The quantitative estimate of drug-likeness (QED) is 0.771. The van der Waals surface area contributed by atoms with Crippen LogP contribution in [0.15, 0.2) is 0 Å². The van der Waals surface area contributed by atoms with E-state index in [9.17, 15) is 9.90 Å². The number of amides is 1. The van der Waals surface area contributed by atoms with Crippen LogP contribution in [0.2, 0.25) is 0 Å². The fourth-order valence-corrected chi connectivity index (χ4v) is 4.01. The van der Waals surface area contributed by atoms with Crippen molar-refractivity contribution < 1.29 is 14.6 Å². The number of aliphatic hydroxyl groups excluding tert-OH is 1. The average molecular weight is 312 g/mol. The summed E-state index contributed by atoms with van der Waals surface area (Å²) in [7, 11) is 3.64. The molecule has 2 aliphatic rings. The van der Waals surface area contributed by atoms with Gasteiger partial charge in [-0.3, -0.25) is 4.79 Å². The molecule has 1 saturated carbocycles. The van der Waals surface area contributed by atoms with Crippen molar-refractivity contribution in [1.29, 1.82) is 0 Å². The molecule has 22 heavy (non-hydrogen) atoms. The molecule has 0 unspecified atom stereocenters. The van der Waals surface area contributed by atoms with Gasteiger partial charge in [0.15, 0.2) is 0 Å². The van der Waals surface area contributed by atoms with Gasteiger partial charge in [-0.1, -0.05) is 12.8 Å². The highest BCUT2D eigenvalue weighted by atomic mass is 16.5. The summed E-state index contributed by atoms with van der Waals surface area (Å²) in [4.78, 5) is 16.9. The number of hydrogen-bond acceptors (Lipinski definition) is 4. The fourth-order valence-electron chi connectivity index (χ4n) is 4.01. The highest BCUT2D eigenvalue weighted by Crippen LogP contribution is 2.38. The summed E-state index contributed by atoms with van der Waals surface area (Å²) < 4.78 is 5.11. The van der Waals surface area contributed by atoms with Crippen molar-refractivity contribution in [3.05, 3.63) is 0 Å². The highest BCUT2D eigenvalue weighted by Gasteiger charge is 2.36. The van der Waals surface area contributed by atoms with Crippen LogP contribution in [-0.4, -0.2) is 74.4 Å². The average Bonchev–Trinajstić information content (AvgIpc) is 3.01. The van der Waals surface area contributed by atoms with E-state index in [1.807, 2.05) is 11.9 Å². The second kappa shape index (κ2) is 8.27. The van der Waals surface area contributed by atoms with Crippen molar-refractivity contribution in [2.24, 2.45) is 11.3 Å². The van der Waals surface area contributed by atoms with Crippen LogP contribution in [0.3, 0.4) is 0 Å². The smallest absolute Gasteiger partial charge is 0.225 e. The van der Waals surface area contributed by atoms with Crippen molar-refractivity contribution in [3.63, 3.8) is 0 Å². The molecule has 0 bridgehead atoms. The Labute approximate surface area is 134 Å². The maximum atomic E-state index is 12.7. The van der Waals surface area contributed by atoms with Crippen LogP contribution in [0.4, 0.5) is 0 Å². The summed E-state index contributed by atoms with van der Waals surface area (Å²) in [6.45, 7) is 4.61. The van der Waals surface area contributed by atoms with Gasteiger partial charge in [0.1, 0.15) is 0 Å². The van der Waals surface area contributed by atoms with Crippen LogP contribution in [-0.2, 0) is 9.53 Å². The van der Waals surface area contributed by atoms with Gasteiger partial charge in [0, 0.05) is 38.6 Å². The minimum absolute atomic E-state index is 0.0381. The molecule has 0 aromatic carbocycles. The molecule has 2 fully saturated rings. The van der Waals surface area contributed by atoms with Crippen LogP contribution < -0.4 is 0 Å². The van der Waals surface area contributed by atoms with E-state index in [2.05, 4.69) is 4.90 Å². The van der Waals surface area contributed by atoms with Crippen LogP contribution >= 0.6 is 0 Å². The predicted octanol–water partition coefficient (Wildman–Crippen LogP) is 1.36. The van der Waals surface area contributed by atoms with Gasteiger partial charge in [0.05, 0.1) is 13.2 Å². The van der Waals surface area contributed by atoms with Crippen molar-refractivity contribution in [2.75, 3.05) is 53.6 Å². The summed E-state index contributed by atoms with van der Waals surface area (Å²) in [5.41, 5.74) is -0.0381. The van der Waals surface area contributed by atoms with Gasteiger partial charge in [-0.25, -0.2) is 0 Å². The Hall–Kier alpha value is -0.650. The molecule has 0 spiro atoms. The Morgan fingerprint density at radius 1 is 1.32 bits per heavy atom. The Kier molecular flexibility index (Phi) is 6.66. The Morgan fingerprint density at radius 3 is 2.50 bits per heavy atom. The maximum Gasteiger partial charge on any atom is 0.225 e. The summed E-state index contributed by atoms with van der Waals surface area (Å²) >= 11 is 0. The van der Waals surface area contributed by atoms with Gasteiger partial charge in [-0.15, -0.1) is 0 Å². The lowest BCUT2D eigenvalue weighted by atomic mass is 9.86. The van der Waals surface area contributed by atoms with E-state index in [0.29, 0.717) is 6.54 Å². The van der Waals surface area contributed by atoms with Crippen molar-refractivity contribution in [1.82, 2.24) is 9.80 Å². The Bertz CT molecular complexity index is 348.